The van der Waals surface area contributed by atoms with Crippen molar-refractivity contribution in [2.24, 2.45) is 0 Å². The summed E-state index contributed by atoms with van der Waals surface area (Å²) in [4.78, 5) is 0. The van der Waals surface area contributed by atoms with E-state index in [0.717, 1.165) is 0 Å². The molecule has 0 aliphatic carbocycles. The Labute approximate surface area is 117 Å². The fraction of sp³-hybridized carbons (Fsp3) is 1.00. The molecule has 0 aliphatic rings. The van der Waals surface area contributed by atoms with Gasteiger partial charge in [-0.1, -0.05) is 0 Å². The molecular formula is C4H16O12S4. The van der Waals surface area contributed by atoms with E-state index in [1.165, 1.54) is 0 Å². The first-order valence-electron chi connectivity index (χ1n) is 3.70. The van der Waals surface area contributed by atoms with Gasteiger partial charge in [0.25, 0.3) is 40.5 Å². The fourth-order valence-electron chi connectivity index (χ4n) is 0. The van der Waals surface area contributed by atoms with Crippen LogP contribution in [0.2, 0.25) is 0 Å². The highest BCUT2D eigenvalue weighted by Gasteiger charge is 1.82. The summed E-state index contributed by atoms with van der Waals surface area (Å²) in [6.45, 7) is 0. The lowest BCUT2D eigenvalue weighted by atomic mass is 12.0. The Bertz CT molecular complexity index is 480. The zero-order valence-corrected chi connectivity index (χ0v) is 14.0. The van der Waals surface area contributed by atoms with E-state index in [4.69, 9.17) is 18.2 Å². The number of hydrogen-bond donors (Lipinski definition) is 4. The second-order valence-electron chi connectivity index (χ2n) is 2.93. The molecule has 4 N–H and O–H groups in total. The topological polar surface area (TPSA) is 217 Å². The molecule has 0 heterocycles. The van der Waals surface area contributed by atoms with Crippen LogP contribution >= 0.6 is 0 Å². The molecule has 0 saturated carbocycles. The highest BCUT2D eigenvalue weighted by Crippen LogP contribution is 1.61. The average molecular weight is 384 g/mol. The maximum atomic E-state index is 9.19. The molecule has 0 aromatic heterocycles. The molecule has 0 bridgehead atoms. The van der Waals surface area contributed by atoms with Gasteiger partial charge in [-0.15, -0.1) is 0 Å². The fourth-order valence-corrected chi connectivity index (χ4v) is 0. The SMILES string of the molecule is CS(=O)(=O)O.CS(=O)(=O)O.CS(=O)(=O)O.CS(=O)(=O)O. The Hall–Kier alpha value is -0.360. The molecule has 0 atom stereocenters. The molecule has 0 aromatic rings. The lowest BCUT2D eigenvalue weighted by Crippen LogP contribution is -1.88. The Morgan fingerprint density at radius 2 is 0.400 bits per heavy atom. The maximum absolute atomic E-state index is 9.19. The molecule has 128 valence electrons. The van der Waals surface area contributed by atoms with Gasteiger partial charge in [0, 0.05) is 0 Å². The van der Waals surface area contributed by atoms with Crippen LogP contribution in [0, 0.1) is 0 Å². The first-order valence-corrected chi connectivity index (χ1v) is 11.1. The summed E-state index contributed by atoms with van der Waals surface area (Å²) in [7, 11) is -14.7. The minimum atomic E-state index is -3.67. The lowest BCUT2D eigenvalue weighted by molar-refractivity contribution is 0.488. The van der Waals surface area contributed by atoms with Gasteiger partial charge in [0.2, 0.25) is 0 Å². The highest BCUT2D eigenvalue weighted by atomic mass is 32.2. The third kappa shape index (κ3) is 37700. The summed E-state index contributed by atoms with van der Waals surface area (Å²) in [6, 6.07) is 0. The molecular weight excluding hydrogens is 368 g/mol. The predicted octanol–water partition coefficient (Wildman–Crippen LogP) is -1.98. The Kier molecular flexibility index (Phi) is 14.5. The van der Waals surface area contributed by atoms with Gasteiger partial charge in [-0.3, -0.25) is 18.2 Å². The Balaban J connectivity index is -0.0000000853. The minimum Gasteiger partial charge on any atom is -0.286 e. The first kappa shape index (κ1) is 27.9. The van der Waals surface area contributed by atoms with E-state index in [1.807, 2.05) is 0 Å². The summed E-state index contributed by atoms with van der Waals surface area (Å²) in [5.41, 5.74) is 0. The number of rotatable bonds is 0. The van der Waals surface area contributed by atoms with E-state index in [9.17, 15) is 33.7 Å². The van der Waals surface area contributed by atoms with Gasteiger partial charge in [0.1, 0.15) is 0 Å². The standard InChI is InChI=1S/4CH4O3S/c4*1-5(2,3)4/h4*1H3,(H,2,3,4). The molecule has 0 saturated heterocycles. The van der Waals surface area contributed by atoms with Crippen LogP contribution < -0.4 is 0 Å². The van der Waals surface area contributed by atoms with Gasteiger partial charge in [-0.05, 0) is 0 Å². The van der Waals surface area contributed by atoms with Crippen molar-refractivity contribution in [2.45, 2.75) is 0 Å². The number of hydrogen-bond acceptors (Lipinski definition) is 8. The van der Waals surface area contributed by atoms with Crippen molar-refractivity contribution in [3.8, 4) is 0 Å². The molecule has 0 rings (SSSR count). The van der Waals surface area contributed by atoms with Crippen molar-refractivity contribution in [3.63, 3.8) is 0 Å². The van der Waals surface area contributed by atoms with Crippen LogP contribution in [0.4, 0.5) is 0 Å². The second-order valence-corrected chi connectivity index (χ2v) is 8.80. The quantitative estimate of drug-likeness (QED) is 0.334. The van der Waals surface area contributed by atoms with Crippen molar-refractivity contribution in [2.75, 3.05) is 25.0 Å². The van der Waals surface area contributed by atoms with Crippen LogP contribution in [0.1, 0.15) is 0 Å². The van der Waals surface area contributed by atoms with Crippen molar-refractivity contribution in [3.05, 3.63) is 0 Å². The van der Waals surface area contributed by atoms with Crippen molar-refractivity contribution in [1.29, 1.82) is 0 Å². The summed E-state index contributed by atoms with van der Waals surface area (Å²) in [5.74, 6) is 0. The molecule has 0 spiro atoms. The van der Waals surface area contributed by atoms with Crippen molar-refractivity contribution < 1.29 is 51.9 Å². The molecule has 0 radical (unpaired) electrons. The van der Waals surface area contributed by atoms with Gasteiger partial charge in [0.15, 0.2) is 0 Å². The van der Waals surface area contributed by atoms with E-state index in [1.54, 1.807) is 0 Å². The van der Waals surface area contributed by atoms with Crippen LogP contribution in [0.5, 0.6) is 0 Å². The normalized spacial score (nSPS) is 11.6. The van der Waals surface area contributed by atoms with Crippen LogP contribution in [-0.2, 0) is 40.5 Å². The molecule has 0 fully saturated rings. The van der Waals surface area contributed by atoms with Crippen molar-refractivity contribution in [1.82, 2.24) is 0 Å². The summed E-state index contributed by atoms with van der Waals surface area (Å²) in [5, 5.41) is 0. The zero-order valence-electron chi connectivity index (χ0n) is 10.7. The van der Waals surface area contributed by atoms with E-state index >= 15 is 0 Å². The van der Waals surface area contributed by atoms with Crippen LogP contribution in [0.3, 0.4) is 0 Å². The maximum Gasteiger partial charge on any atom is 0.261 e. The predicted molar refractivity (Wildman–Crippen MR) is 69.9 cm³/mol. The van der Waals surface area contributed by atoms with E-state index < -0.39 is 40.5 Å². The molecule has 16 heteroatoms. The summed E-state index contributed by atoms with van der Waals surface area (Å²) < 4.78 is 103. The Morgan fingerprint density at radius 3 is 0.400 bits per heavy atom. The molecule has 12 nitrogen and oxygen atoms in total. The second kappa shape index (κ2) is 10.4. The minimum absolute atomic E-state index is 0.715. The largest absolute Gasteiger partial charge is 0.286 e. The Morgan fingerprint density at radius 1 is 0.400 bits per heavy atom. The molecule has 0 unspecified atom stereocenters. The zero-order chi connectivity index (χ0) is 18.0. The van der Waals surface area contributed by atoms with Gasteiger partial charge in [-0.25, -0.2) is 0 Å². The first-order chi connectivity index (χ1) is 8.00. The van der Waals surface area contributed by atoms with E-state index in [2.05, 4.69) is 0 Å². The lowest BCUT2D eigenvalue weighted by Gasteiger charge is -1.69. The van der Waals surface area contributed by atoms with Gasteiger partial charge in [-0.2, -0.15) is 33.7 Å². The van der Waals surface area contributed by atoms with Crippen LogP contribution in [0.15, 0.2) is 0 Å². The molecule has 0 aliphatic heterocycles. The average Bonchev–Trinajstić information content (AvgIpc) is 1.62. The molecule has 20 heavy (non-hydrogen) atoms. The summed E-state index contributed by atoms with van der Waals surface area (Å²) >= 11 is 0. The smallest absolute Gasteiger partial charge is 0.261 e. The highest BCUT2D eigenvalue weighted by molar-refractivity contribution is 7.85. The van der Waals surface area contributed by atoms with Gasteiger partial charge in [0.05, 0.1) is 25.0 Å². The van der Waals surface area contributed by atoms with E-state index in [-0.39, 0.29) is 0 Å². The van der Waals surface area contributed by atoms with Gasteiger partial charge >= 0.3 is 0 Å². The molecule has 0 amide bonds. The third-order valence-corrected chi connectivity index (χ3v) is 0. The van der Waals surface area contributed by atoms with Crippen LogP contribution in [-0.4, -0.2) is 76.9 Å². The van der Waals surface area contributed by atoms with Crippen molar-refractivity contribution >= 4 is 40.5 Å². The molecule has 0 aromatic carbocycles. The third-order valence-electron chi connectivity index (χ3n) is 0. The van der Waals surface area contributed by atoms with Gasteiger partial charge < -0.3 is 0 Å². The van der Waals surface area contributed by atoms with Crippen LogP contribution in [0.25, 0.3) is 0 Å². The van der Waals surface area contributed by atoms with E-state index in [0.29, 0.717) is 25.0 Å². The summed E-state index contributed by atoms with van der Waals surface area (Å²) in [6.07, 6.45) is 2.86. The monoisotopic (exact) mass is 384 g/mol.